The van der Waals surface area contributed by atoms with E-state index in [2.05, 4.69) is 10.3 Å². The molecule has 0 amide bonds. The van der Waals surface area contributed by atoms with Crippen LogP contribution in [0.5, 0.6) is 0 Å². The van der Waals surface area contributed by atoms with Crippen molar-refractivity contribution in [3.63, 3.8) is 0 Å². The van der Waals surface area contributed by atoms with Crippen molar-refractivity contribution in [2.24, 2.45) is 0 Å². The Hall–Kier alpha value is -1.46. The summed E-state index contributed by atoms with van der Waals surface area (Å²) < 4.78 is 14.2. The summed E-state index contributed by atoms with van der Waals surface area (Å²) in [6, 6.07) is 5.58. The fourth-order valence-corrected chi connectivity index (χ4v) is 2.72. The van der Waals surface area contributed by atoms with Crippen LogP contribution in [0.2, 0.25) is 0 Å². The Labute approximate surface area is 123 Å². The minimum atomic E-state index is -0.190. The van der Waals surface area contributed by atoms with E-state index in [1.165, 1.54) is 0 Å². The molecular weight excluding hydrogens is 273 g/mol. The van der Waals surface area contributed by atoms with E-state index in [-0.39, 0.29) is 11.9 Å². The van der Waals surface area contributed by atoms with E-state index >= 15 is 0 Å². The van der Waals surface area contributed by atoms with Crippen molar-refractivity contribution >= 4 is 17.0 Å². The Bertz CT molecular complexity index is 542. The van der Waals surface area contributed by atoms with Crippen LogP contribution in [-0.4, -0.2) is 18.6 Å². The molecule has 0 aliphatic rings. The van der Waals surface area contributed by atoms with Gasteiger partial charge in [0.15, 0.2) is 0 Å². The number of nitrogens with zero attached hydrogens (tertiary/aromatic N) is 2. The van der Waals surface area contributed by atoms with Crippen LogP contribution in [0, 0.1) is 5.82 Å². The molecule has 0 fully saturated rings. The fraction of sp³-hybridized carbons (Fsp3) is 0.400. The molecule has 5 heteroatoms. The summed E-state index contributed by atoms with van der Waals surface area (Å²) in [5.41, 5.74) is 4.32. The van der Waals surface area contributed by atoms with Gasteiger partial charge in [-0.25, -0.2) is 9.37 Å². The van der Waals surface area contributed by atoms with Gasteiger partial charge in [-0.1, -0.05) is 13.0 Å². The van der Waals surface area contributed by atoms with Gasteiger partial charge in [0, 0.05) is 18.5 Å². The lowest BCUT2D eigenvalue weighted by molar-refractivity contribution is 0.581. The van der Waals surface area contributed by atoms with Crippen LogP contribution >= 0.6 is 11.3 Å². The number of thiazole rings is 1. The smallest absolute Gasteiger partial charge is 0.146 e. The highest BCUT2D eigenvalue weighted by Gasteiger charge is 2.12. The lowest BCUT2D eigenvalue weighted by Gasteiger charge is -2.20. The molecule has 1 atom stereocenters. The van der Waals surface area contributed by atoms with Gasteiger partial charge in [0.05, 0.1) is 23.4 Å². The molecule has 0 aliphatic heterocycles. The van der Waals surface area contributed by atoms with Crippen LogP contribution in [0.25, 0.3) is 0 Å². The molecular formula is C15H20FN3S. The SMILES string of the molecule is CCNC(C)c1ccc(N(C)Cc2cscn2)c(F)c1. The number of hydrogen-bond donors (Lipinski definition) is 1. The number of halogens is 1. The maximum absolute atomic E-state index is 14.2. The van der Waals surface area contributed by atoms with Crippen molar-refractivity contribution in [3.8, 4) is 0 Å². The number of hydrogen-bond acceptors (Lipinski definition) is 4. The molecule has 1 heterocycles. The summed E-state index contributed by atoms with van der Waals surface area (Å²) in [6.07, 6.45) is 0. The third kappa shape index (κ3) is 3.55. The topological polar surface area (TPSA) is 28.2 Å². The molecule has 3 nitrogen and oxygen atoms in total. The molecule has 0 saturated carbocycles. The van der Waals surface area contributed by atoms with Crippen molar-refractivity contribution in [2.75, 3.05) is 18.5 Å². The van der Waals surface area contributed by atoms with Crippen molar-refractivity contribution < 1.29 is 4.39 Å². The Balaban J connectivity index is 2.12. The van der Waals surface area contributed by atoms with Crippen LogP contribution in [0.4, 0.5) is 10.1 Å². The second-order valence-corrected chi connectivity index (χ2v) is 5.54. The van der Waals surface area contributed by atoms with Gasteiger partial charge in [-0.3, -0.25) is 0 Å². The maximum atomic E-state index is 14.2. The maximum Gasteiger partial charge on any atom is 0.146 e. The molecule has 0 aliphatic carbocycles. The number of rotatable bonds is 6. The van der Waals surface area contributed by atoms with Crippen molar-refractivity contribution in [1.29, 1.82) is 0 Å². The first-order valence-electron chi connectivity index (χ1n) is 6.72. The van der Waals surface area contributed by atoms with Gasteiger partial charge in [0.25, 0.3) is 0 Å². The summed E-state index contributed by atoms with van der Waals surface area (Å²) in [5.74, 6) is -0.190. The molecule has 2 aromatic rings. The first-order chi connectivity index (χ1) is 9.61. The van der Waals surface area contributed by atoms with E-state index in [1.807, 2.05) is 43.3 Å². The van der Waals surface area contributed by atoms with Crippen LogP contribution in [0.3, 0.4) is 0 Å². The highest BCUT2D eigenvalue weighted by atomic mass is 32.1. The second kappa shape index (κ2) is 6.81. The van der Waals surface area contributed by atoms with E-state index in [0.717, 1.165) is 17.8 Å². The number of anilines is 1. The average molecular weight is 293 g/mol. The molecule has 0 bridgehead atoms. The van der Waals surface area contributed by atoms with Gasteiger partial charge in [-0.05, 0) is 31.2 Å². The van der Waals surface area contributed by atoms with E-state index in [1.54, 1.807) is 22.9 Å². The van der Waals surface area contributed by atoms with E-state index < -0.39 is 0 Å². The van der Waals surface area contributed by atoms with Gasteiger partial charge < -0.3 is 10.2 Å². The van der Waals surface area contributed by atoms with Gasteiger partial charge in [0.2, 0.25) is 0 Å². The molecule has 0 spiro atoms. The third-order valence-corrected chi connectivity index (χ3v) is 3.91. The summed E-state index contributed by atoms with van der Waals surface area (Å²) in [4.78, 5) is 6.11. The first kappa shape index (κ1) is 14.9. The minimum Gasteiger partial charge on any atom is -0.366 e. The lowest BCUT2D eigenvalue weighted by atomic mass is 10.1. The first-order valence-corrected chi connectivity index (χ1v) is 7.67. The quantitative estimate of drug-likeness (QED) is 0.882. The highest BCUT2D eigenvalue weighted by molar-refractivity contribution is 7.07. The van der Waals surface area contributed by atoms with E-state index in [4.69, 9.17) is 0 Å². The predicted octanol–water partition coefficient (Wildman–Crippen LogP) is 3.59. The molecule has 0 radical (unpaired) electrons. The third-order valence-electron chi connectivity index (χ3n) is 3.28. The van der Waals surface area contributed by atoms with Crippen LogP contribution in [-0.2, 0) is 6.54 Å². The van der Waals surface area contributed by atoms with Crippen LogP contribution in [0.15, 0.2) is 29.1 Å². The monoisotopic (exact) mass is 293 g/mol. The number of aromatic nitrogens is 1. The standard InChI is InChI=1S/C15H20FN3S/c1-4-17-11(2)12-5-6-15(14(16)7-12)19(3)8-13-9-20-10-18-13/h5-7,9-11,17H,4,8H2,1-3H3. The summed E-state index contributed by atoms with van der Waals surface area (Å²) in [5, 5.41) is 5.27. The Morgan fingerprint density at radius 3 is 2.85 bits per heavy atom. The molecule has 1 N–H and O–H groups in total. The van der Waals surface area contributed by atoms with Crippen LogP contribution < -0.4 is 10.2 Å². The molecule has 1 aromatic carbocycles. The zero-order chi connectivity index (χ0) is 14.5. The Morgan fingerprint density at radius 1 is 1.45 bits per heavy atom. The number of benzene rings is 1. The fourth-order valence-electron chi connectivity index (χ4n) is 2.17. The Morgan fingerprint density at radius 2 is 2.25 bits per heavy atom. The Kier molecular flexibility index (Phi) is 5.09. The van der Waals surface area contributed by atoms with Crippen molar-refractivity contribution in [1.82, 2.24) is 10.3 Å². The number of nitrogens with one attached hydrogen (secondary N) is 1. The van der Waals surface area contributed by atoms with Crippen LogP contribution in [0.1, 0.15) is 31.1 Å². The van der Waals surface area contributed by atoms with Gasteiger partial charge in [-0.2, -0.15) is 0 Å². The minimum absolute atomic E-state index is 0.160. The summed E-state index contributed by atoms with van der Waals surface area (Å²) in [7, 11) is 1.88. The molecule has 108 valence electrons. The summed E-state index contributed by atoms with van der Waals surface area (Å²) in [6.45, 7) is 5.57. The largest absolute Gasteiger partial charge is 0.366 e. The zero-order valence-electron chi connectivity index (χ0n) is 12.1. The second-order valence-electron chi connectivity index (χ2n) is 4.83. The molecule has 0 saturated heterocycles. The normalized spacial score (nSPS) is 12.4. The molecule has 2 rings (SSSR count). The summed E-state index contributed by atoms with van der Waals surface area (Å²) >= 11 is 1.55. The zero-order valence-corrected chi connectivity index (χ0v) is 12.9. The average Bonchev–Trinajstić information content (AvgIpc) is 2.91. The van der Waals surface area contributed by atoms with E-state index in [9.17, 15) is 4.39 Å². The highest BCUT2D eigenvalue weighted by Crippen LogP contribution is 2.24. The van der Waals surface area contributed by atoms with Crippen molar-refractivity contribution in [3.05, 3.63) is 46.2 Å². The molecule has 1 unspecified atom stereocenters. The lowest BCUT2D eigenvalue weighted by Crippen LogP contribution is -2.20. The van der Waals surface area contributed by atoms with E-state index in [0.29, 0.717) is 12.2 Å². The molecule has 1 aromatic heterocycles. The van der Waals surface area contributed by atoms with Gasteiger partial charge in [-0.15, -0.1) is 11.3 Å². The van der Waals surface area contributed by atoms with Gasteiger partial charge in [0.1, 0.15) is 5.82 Å². The van der Waals surface area contributed by atoms with Gasteiger partial charge >= 0.3 is 0 Å². The molecule has 20 heavy (non-hydrogen) atoms. The predicted molar refractivity (Wildman–Crippen MR) is 82.7 cm³/mol. The van der Waals surface area contributed by atoms with Crippen molar-refractivity contribution in [2.45, 2.75) is 26.4 Å².